The molecule has 1 rings (SSSR count). The molecule has 6 heteroatoms. The molecule has 3 N–H and O–H groups in total. The molecule has 0 amide bonds. The Bertz CT molecular complexity index is 401. The Kier molecular flexibility index (Phi) is 6.11. The summed E-state index contributed by atoms with van der Waals surface area (Å²) >= 11 is 1.65. The molecule has 0 aromatic carbocycles. The molecule has 0 spiro atoms. The molecule has 1 aromatic heterocycles. The lowest BCUT2D eigenvalue weighted by molar-refractivity contribution is 0.557. The van der Waals surface area contributed by atoms with Crippen LogP contribution in [0.1, 0.15) is 24.6 Å². The van der Waals surface area contributed by atoms with Crippen molar-refractivity contribution in [2.45, 2.75) is 32.2 Å². The highest BCUT2D eigenvalue weighted by atomic mass is 32.2. The van der Waals surface area contributed by atoms with Gasteiger partial charge in [0.15, 0.2) is 0 Å². The molecule has 1 unspecified atom stereocenters. The van der Waals surface area contributed by atoms with Crippen LogP contribution in [-0.2, 0) is 16.4 Å². The van der Waals surface area contributed by atoms with Crippen molar-refractivity contribution in [2.75, 3.05) is 12.3 Å². The predicted octanol–water partition coefficient (Wildman–Crippen LogP) is 1.34. The first-order valence-corrected chi connectivity index (χ1v) is 8.29. The topological polar surface area (TPSA) is 72.2 Å². The molecule has 17 heavy (non-hydrogen) atoms. The van der Waals surface area contributed by atoms with E-state index in [1.54, 1.807) is 11.3 Å². The number of rotatable bonds is 8. The minimum Gasteiger partial charge on any atom is -0.330 e. The molecule has 98 valence electrons. The first kappa shape index (κ1) is 14.6. The van der Waals surface area contributed by atoms with Crippen molar-refractivity contribution in [1.82, 2.24) is 4.72 Å². The lowest BCUT2D eigenvalue weighted by atomic mass is 10.2. The zero-order valence-corrected chi connectivity index (χ0v) is 11.7. The van der Waals surface area contributed by atoms with E-state index in [1.807, 2.05) is 24.4 Å². The summed E-state index contributed by atoms with van der Waals surface area (Å²) < 4.78 is 26.1. The quantitative estimate of drug-likeness (QED) is 0.704. The second kappa shape index (κ2) is 7.10. The van der Waals surface area contributed by atoms with Crippen LogP contribution in [0.2, 0.25) is 0 Å². The number of nitrogens with one attached hydrogen (secondary N) is 1. The maximum Gasteiger partial charge on any atom is 0.211 e. The van der Waals surface area contributed by atoms with Gasteiger partial charge in [-0.1, -0.05) is 6.07 Å². The van der Waals surface area contributed by atoms with Gasteiger partial charge in [0.1, 0.15) is 0 Å². The van der Waals surface area contributed by atoms with E-state index >= 15 is 0 Å². The fourth-order valence-electron chi connectivity index (χ4n) is 1.57. The third-order valence-corrected chi connectivity index (χ3v) is 4.82. The van der Waals surface area contributed by atoms with E-state index in [0.29, 0.717) is 13.0 Å². The Morgan fingerprint density at radius 2 is 2.24 bits per heavy atom. The van der Waals surface area contributed by atoms with E-state index in [9.17, 15) is 8.42 Å². The van der Waals surface area contributed by atoms with E-state index in [4.69, 9.17) is 5.73 Å². The second-order valence-corrected chi connectivity index (χ2v) is 7.02. The van der Waals surface area contributed by atoms with Crippen LogP contribution in [0.25, 0.3) is 0 Å². The van der Waals surface area contributed by atoms with Crippen molar-refractivity contribution in [3.8, 4) is 0 Å². The largest absolute Gasteiger partial charge is 0.330 e. The summed E-state index contributed by atoms with van der Waals surface area (Å²) in [6.45, 7) is 2.43. The highest BCUT2D eigenvalue weighted by Crippen LogP contribution is 2.11. The van der Waals surface area contributed by atoms with Crippen LogP contribution in [-0.4, -0.2) is 26.8 Å². The normalized spacial score (nSPS) is 13.8. The van der Waals surface area contributed by atoms with Crippen LogP contribution in [0.15, 0.2) is 17.5 Å². The Balaban J connectivity index is 2.36. The van der Waals surface area contributed by atoms with E-state index in [0.717, 1.165) is 12.8 Å². The van der Waals surface area contributed by atoms with E-state index in [1.165, 1.54) is 4.88 Å². The lowest BCUT2D eigenvalue weighted by Gasteiger charge is -2.13. The van der Waals surface area contributed by atoms with Crippen LogP contribution in [0.3, 0.4) is 0 Å². The van der Waals surface area contributed by atoms with Crippen molar-refractivity contribution in [1.29, 1.82) is 0 Å². The van der Waals surface area contributed by atoms with Gasteiger partial charge in [0.25, 0.3) is 0 Å². The first-order valence-electron chi connectivity index (χ1n) is 5.76. The highest BCUT2D eigenvalue weighted by molar-refractivity contribution is 7.89. The van der Waals surface area contributed by atoms with Gasteiger partial charge in [-0.3, -0.25) is 0 Å². The molecule has 0 aliphatic heterocycles. The summed E-state index contributed by atoms with van der Waals surface area (Å²) in [5, 5.41) is 2.00. The van der Waals surface area contributed by atoms with Gasteiger partial charge in [0.2, 0.25) is 10.0 Å². The molecule has 4 nitrogen and oxygen atoms in total. The van der Waals surface area contributed by atoms with Gasteiger partial charge in [0.05, 0.1) is 5.75 Å². The molecule has 0 fully saturated rings. The Labute approximate surface area is 107 Å². The molecule has 0 aliphatic carbocycles. The minimum absolute atomic E-state index is 0.0588. The molecule has 0 saturated carbocycles. The fourth-order valence-corrected chi connectivity index (χ4v) is 3.81. The number of hydrogen-bond donors (Lipinski definition) is 2. The van der Waals surface area contributed by atoms with Crippen molar-refractivity contribution in [2.24, 2.45) is 5.73 Å². The number of unbranched alkanes of at least 4 members (excludes halogenated alkanes) is 1. The average molecular weight is 276 g/mol. The van der Waals surface area contributed by atoms with Crippen molar-refractivity contribution >= 4 is 21.4 Å². The van der Waals surface area contributed by atoms with E-state index < -0.39 is 10.0 Å². The molecule has 1 heterocycles. The van der Waals surface area contributed by atoms with E-state index in [2.05, 4.69) is 4.72 Å². The molecule has 1 aromatic rings. The number of thiophene rings is 1. The van der Waals surface area contributed by atoms with Gasteiger partial charge in [-0.2, -0.15) is 0 Å². The van der Waals surface area contributed by atoms with Crippen molar-refractivity contribution < 1.29 is 8.42 Å². The lowest BCUT2D eigenvalue weighted by Crippen LogP contribution is -2.35. The van der Waals surface area contributed by atoms with Crippen molar-refractivity contribution in [3.63, 3.8) is 0 Å². The first-order chi connectivity index (χ1) is 8.03. The van der Waals surface area contributed by atoms with Crippen LogP contribution in [0.4, 0.5) is 0 Å². The Morgan fingerprint density at radius 1 is 1.47 bits per heavy atom. The standard InChI is InChI=1S/C11H20N2O2S2/c1-10(9-11-5-4-7-16-11)13-17(14,15)8-3-2-6-12/h4-5,7,10,13H,2-3,6,8-9,12H2,1H3. The molecule has 0 radical (unpaired) electrons. The Morgan fingerprint density at radius 3 is 2.82 bits per heavy atom. The van der Waals surface area contributed by atoms with Gasteiger partial charge in [-0.05, 0) is 44.2 Å². The summed E-state index contributed by atoms with van der Waals surface area (Å²) in [5.74, 6) is 0.166. The summed E-state index contributed by atoms with van der Waals surface area (Å²) in [6.07, 6.45) is 2.12. The molecular formula is C11H20N2O2S2. The molecule has 0 aliphatic rings. The summed E-state index contributed by atoms with van der Waals surface area (Å²) in [7, 11) is -3.16. The van der Waals surface area contributed by atoms with Gasteiger partial charge in [-0.15, -0.1) is 11.3 Å². The van der Waals surface area contributed by atoms with Crippen LogP contribution < -0.4 is 10.5 Å². The maximum atomic E-state index is 11.7. The predicted molar refractivity (Wildman–Crippen MR) is 72.7 cm³/mol. The Hall–Kier alpha value is -0.430. The molecule has 1 atom stereocenters. The minimum atomic E-state index is -3.16. The number of sulfonamides is 1. The van der Waals surface area contributed by atoms with Crippen molar-refractivity contribution in [3.05, 3.63) is 22.4 Å². The number of hydrogen-bond acceptors (Lipinski definition) is 4. The third-order valence-electron chi connectivity index (χ3n) is 2.34. The summed E-state index contributed by atoms with van der Waals surface area (Å²) in [6, 6.07) is 3.93. The van der Waals surface area contributed by atoms with Gasteiger partial charge in [-0.25, -0.2) is 13.1 Å². The SMILES string of the molecule is CC(Cc1cccs1)NS(=O)(=O)CCCCN. The average Bonchev–Trinajstić information content (AvgIpc) is 2.69. The zero-order valence-electron chi connectivity index (χ0n) is 10.1. The van der Waals surface area contributed by atoms with Crippen LogP contribution in [0.5, 0.6) is 0 Å². The van der Waals surface area contributed by atoms with Crippen LogP contribution in [0, 0.1) is 0 Å². The summed E-state index contributed by atoms with van der Waals surface area (Å²) in [5.41, 5.74) is 5.34. The maximum absolute atomic E-state index is 11.7. The smallest absolute Gasteiger partial charge is 0.211 e. The second-order valence-electron chi connectivity index (χ2n) is 4.12. The molecular weight excluding hydrogens is 256 g/mol. The van der Waals surface area contributed by atoms with E-state index in [-0.39, 0.29) is 11.8 Å². The highest BCUT2D eigenvalue weighted by Gasteiger charge is 2.14. The van der Waals surface area contributed by atoms with Crippen LogP contribution >= 0.6 is 11.3 Å². The molecule has 0 bridgehead atoms. The number of nitrogens with two attached hydrogens (primary N) is 1. The van der Waals surface area contributed by atoms with Gasteiger partial charge < -0.3 is 5.73 Å². The summed E-state index contributed by atoms with van der Waals surface area (Å²) in [4.78, 5) is 1.20. The fraction of sp³-hybridized carbons (Fsp3) is 0.636. The van der Waals surface area contributed by atoms with Gasteiger partial charge >= 0.3 is 0 Å². The van der Waals surface area contributed by atoms with Gasteiger partial charge in [0, 0.05) is 10.9 Å². The monoisotopic (exact) mass is 276 g/mol. The third kappa shape index (κ3) is 6.16. The zero-order chi connectivity index (χ0) is 12.7. The molecule has 0 saturated heterocycles.